The molecule has 25 heavy (non-hydrogen) atoms. The summed E-state index contributed by atoms with van der Waals surface area (Å²) in [7, 11) is 0. The van der Waals surface area contributed by atoms with Gasteiger partial charge in [0.2, 0.25) is 5.91 Å². The third kappa shape index (κ3) is 4.83. The van der Waals surface area contributed by atoms with Crippen molar-refractivity contribution >= 4 is 5.91 Å². The molecule has 0 radical (unpaired) electrons. The van der Waals surface area contributed by atoms with E-state index in [2.05, 4.69) is 65.8 Å². The van der Waals surface area contributed by atoms with Crippen LogP contribution in [0.15, 0.2) is 30.3 Å². The van der Waals surface area contributed by atoms with E-state index in [-0.39, 0.29) is 11.5 Å². The Bertz CT molecular complexity index is 550. The summed E-state index contributed by atoms with van der Waals surface area (Å²) in [6, 6.07) is 10.6. The monoisotopic (exact) mass is 343 g/mol. The summed E-state index contributed by atoms with van der Waals surface area (Å²) in [6.07, 6.45) is 2.03. The summed E-state index contributed by atoms with van der Waals surface area (Å²) in [6.45, 7) is 13.6. The van der Waals surface area contributed by atoms with Gasteiger partial charge in [0.1, 0.15) is 0 Å². The van der Waals surface area contributed by atoms with E-state index in [1.54, 1.807) is 0 Å². The second-order valence-electron chi connectivity index (χ2n) is 8.52. The first-order valence-corrected chi connectivity index (χ1v) is 9.73. The molecular weight excluding hydrogens is 310 g/mol. The van der Waals surface area contributed by atoms with Crippen molar-refractivity contribution in [3.8, 4) is 0 Å². The van der Waals surface area contributed by atoms with Crippen LogP contribution in [0.4, 0.5) is 0 Å². The second kappa shape index (κ2) is 7.88. The molecule has 2 aliphatic heterocycles. The first kappa shape index (κ1) is 18.4. The average Bonchev–Trinajstić information content (AvgIpc) is 2.62. The van der Waals surface area contributed by atoms with Gasteiger partial charge < -0.3 is 4.90 Å². The highest BCUT2D eigenvalue weighted by atomic mass is 16.2. The molecule has 2 aliphatic rings. The summed E-state index contributed by atoms with van der Waals surface area (Å²) >= 11 is 0. The van der Waals surface area contributed by atoms with Gasteiger partial charge in [0.25, 0.3) is 0 Å². The van der Waals surface area contributed by atoms with Gasteiger partial charge in [0.05, 0.1) is 0 Å². The topological polar surface area (TPSA) is 26.8 Å². The van der Waals surface area contributed by atoms with Gasteiger partial charge in [0, 0.05) is 44.2 Å². The van der Waals surface area contributed by atoms with Crippen LogP contribution in [-0.2, 0) is 11.3 Å². The lowest BCUT2D eigenvalue weighted by Crippen LogP contribution is -2.52. The SMILES string of the molecule is CC(C)(C)N1CCC(C(=O)N2CCN(Cc3ccccc3)CC2)CC1. The van der Waals surface area contributed by atoms with Crippen molar-refractivity contribution in [2.75, 3.05) is 39.3 Å². The molecule has 0 spiro atoms. The molecule has 2 saturated heterocycles. The first-order valence-electron chi connectivity index (χ1n) is 9.73. The van der Waals surface area contributed by atoms with Crippen molar-refractivity contribution in [2.45, 2.75) is 45.7 Å². The van der Waals surface area contributed by atoms with E-state index in [0.29, 0.717) is 5.91 Å². The van der Waals surface area contributed by atoms with E-state index in [1.807, 2.05) is 0 Å². The molecule has 0 aromatic heterocycles. The van der Waals surface area contributed by atoms with Crippen LogP contribution in [0.1, 0.15) is 39.2 Å². The number of benzene rings is 1. The van der Waals surface area contributed by atoms with Gasteiger partial charge in [-0.1, -0.05) is 30.3 Å². The van der Waals surface area contributed by atoms with Gasteiger partial charge >= 0.3 is 0 Å². The lowest BCUT2D eigenvalue weighted by Gasteiger charge is -2.42. The molecule has 2 heterocycles. The van der Waals surface area contributed by atoms with E-state index in [4.69, 9.17) is 0 Å². The summed E-state index contributed by atoms with van der Waals surface area (Å²) in [5.41, 5.74) is 1.58. The Morgan fingerprint density at radius 3 is 2.12 bits per heavy atom. The highest BCUT2D eigenvalue weighted by Crippen LogP contribution is 2.25. The zero-order chi connectivity index (χ0) is 17.9. The van der Waals surface area contributed by atoms with Crippen molar-refractivity contribution in [2.24, 2.45) is 5.92 Å². The minimum Gasteiger partial charge on any atom is -0.340 e. The molecule has 0 saturated carbocycles. The van der Waals surface area contributed by atoms with E-state index in [9.17, 15) is 4.79 Å². The predicted molar refractivity (Wildman–Crippen MR) is 102 cm³/mol. The Morgan fingerprint density at radius 2 is 1.56 bits per heavy atom. The number of hydrogen-bond acceptors (Lipinski definition) is 3. The molecule has 3 rings (SSSR count). The normalized spacial score (nSPS) is 21.5. The Labute approximate surface area is 152 Å². The zero-order valence-corrected chi connectivity index (χ0v) is 16.1. The van der Waals surface area contributed by atoms with Crippen molar-refractivity contribution in [1.82, 2.24) is 14.7 Å². The number of piperazine rings is 1. The molecule has 0 aliphatic carbocycles. The van der Waals surface area contributed by atoms with Crippen LogP contribution in [0.25, 0.3) is 0 Å². The highest BCUT2D eigenvalue weighted by molar-refractivity contribution is 5.79. The van der Waals surface area contributed by atoms with Crippen molar-refractivity contribution in [3.05, 3.63) is 35.9 Å². The highest BCUT2D eigenvalue weighted by Gasteiger charge is 2.33. The van der Waals surface area contributed by atoms with Crippen LogP contribution in [0, 0.1) is 5.92 Å². The molecule has 4 heteroatoms. The van der Waals surface area contributed by atoms with E-state index >= 15 is 0 Å². The fourth-order valence-electron chi connectivity index (χ4n) is 4.02. The maximum absolute atomic E-state index is 12.9. The van der Waals surface area contributed by atoms with Crippen LogP contribution in [0.2, 0.25) is 0 Å². The van der Waals surface area contributed by atoms with Gasteiger partial charge in [0.15, 0.2) is 0 Å². The maximum Gasteiger partial charge on any atom is 0.225 e. The molecule has 0 unspecified atom stereocenters. The number of rotatable bonds is 3. The van der Waals surface area contributed by atoms with Crippen molar-refractivity contribution in [3.63, 3.8) is 0 Å². The van der Waals surface area contributed by atoms with Crippen LogP contribution >= 0.6 is 0 Å². The van der Waals surface area contributed by atoms with E-state index in [1.165, 1.54) is 5.56 Å². The minimum absolute atomic E-state index is 0.219. The second-order valence-corrected chi connectivity index (χ2v) is 8.52. The summed E-state index contributed by atoms with van der Waals surface area (Å²) < 4.78 is 0. The number of likely N-dealkylation sites (tertiary alicyclic amines) is 1. The molecule has 0 atom stereocenters. The Balaban J connectivity index is 1.44. The van der Waals surface area contributed by atoms with Crippen LogP contribution in [-0.4, -0.2) is 65.4 Å². The van der Waals surface area contributed by atoms with Gasteiger partial charge in [-0.2, -0.15) is 0 Å². The van der Waals surface area contributed by atoms with Crippen molar-refractivity contribution in [1.29, 1.82) is 0 Å². The molecule has 4 nitrogen and oxygen atoms in total. The Hall–Kier alpha value is -1.39. The summed E-state index contributed by atoms with van der Waals surface area (Å²) in [5, 5.41) is 0. The number of hydrogen-bond donors (Lipinski definition) is 0. The fraction of sp³-hybridized carbons (Fsp3) is 0.667. The zero-order valence-electron chi connectivity index (χ0n) is 16.1. The molecule has 1 aromatic rings. The number of nitrogens with zero attached hydrogens (tertiary/aromatic N) is 3. The van der Waals surface area contributed by atoms with Gasteiger partial charge in [-0.05, 0) is 52.3 Å². The lowest BCUT2D eigenvalue weighted by molar-refractivity contribution is -0.139. The van der Waals surface area contributed by atoms with Crippen LogP contribution in [0.5, 0.6) is 0 Å². The van der Waals surface area contributed by atoms with Crippen LogP contribution in [0.3, 0.4) is 0 Å². The summed E-state index contributed by atoms with van der Waals surface area (Å²) in [5.74, 6) is 0.632. The van der Waals surface area contributed by atoms with Gasteiger partial charge in [-0.25, -0.2) is 0 Å². The standard InChI is InChI=1S/C21H33N3O/c1-21(2,3)24-11-9-19(10-12-24)20(25)23-15-13-22(14-16-23)17-18-7-5-4-6-8-18/h4-8,19H,9-17H2,1-3H3. The predicted octanol–water partition coefficient (Wildman–Crippen LogP) is 2.84. The molecule has 138 valence electrons. The Kier molecular flexibility index (Phi) is 5.80. The molecule has 1 aromatic carbocycles. The quantitative estimate of drug-likeness (QED) is 0.844. The summed E-state index contributed by atoms with van der Waals surface area (Å²) in [4.78, 5) is 19.9. The number of carbonyl (C=O) groups is 1. The van der Waals surface area contributed by atoms with Crippen molar-refractivity contribution < 1.29 is 4.79 Å². The maximum atomic E-state index is 12.9. The largest absolute Gasteiger partial charge is 0.340 e. The van der Waals surface area contributed by atoms with Gasteiger partial charge in [-0.3, -0.25) is 14.6 Å². The average molecular weight is 344 g/mol. The molecular formula is C21H33N3O. The number of piperidine rings is 1. The number of amides is 1. The Morgan fingerprint density at radius 1 is 0.960 bits per heavy atom. The third-order valence-corrected chi connectivity index (χ3v) is 5.73. The first-order chi connectivity index (χ1) is 11.9. The number of carbonyl (C=O) groups excluding carboxylic acids is 1. The third-order valence-electron chi connectivity index (χ3n) is 5.73. The molecule has 1 amide bonds. The van der Waals surface area contributed by atoms with Crippen LogP contribution < -0.4 is 0 Å². The fourth-order valence-corrected chi connectivity index (χ4v) is 4.02. The molecule has 0 bridgehead atoms. The minimum atomic E-state index is 0.219. The molecule has 0 N–H and O–H groups in total. The van der Waals surface area contributed by atoms with E-state index < -0.39 is 0 Å². The molecule has 2 fully saturated rings. The lowest BCUT2D eigenvalue weighted by atomic mass is 9.92. The smallest absolute Gasteiger partial charge is 0.225 e. The van der Waals surface area contributed by atoms with Gasteiger partial charge in [-0.15, -0.1) is 0 Å². The van der Waals surface area contributed by atoms with E-state index in [0.717, 1.165) is 58.7 Å².